The van der Waals surface area contributed by atoms with Crippen molar-refractivity contribution in [3.05, 3.63) is 66.1 Å². The second-order valence-corrected chi connectivity index (χ2v) is 4.96. The van der Waals surface area contributed by atoms with Crippen LogP contribution in [0.5, 0.6) is 0 Å². The van der Waals surface area contributed by atoms with E-state index in [-0.39, 0.29) is 5.78 Å². The minimum atomic E-state index is -0.0974. The molecule has 0 aliphatic rings. The Hall–Kier alpha value is -1.74. The van der Waals surface area contributed by atoms with Crippen LogP contribution in [0, 0.1) is 0 Å². The first-order chi connectivity index (χ1) is 8.81. The molecule has 18 heavy (non-hydrogen) atoms. The lowest BCUT2D eigenvalue weighted by atomic mass is 10.2. The summed E-state index contributed by atoms with van der Waals surface area (Å²) in [5.41, 5.74) is 1.06. The zero-order valence-corrected chi connectivity index (χ0v) is 10.9. The van der Waals surface area contributed by atoms with Crippen LogP contribution in [-0.4, -0.2) is 11.5 Å². The van der Waals surface area contributed by atoms with Crippen LogP contribution >= 0.6 is 11.8 Å². The number of hydrogen-bond acceptors (Lipinski definition) is 3. The summed E-state index contributed by atoms with van der Waals surface area (Å²) < 4.78 is 5.11. The molecule has 0 fully saturated rings. The van der Waals surface area contributed by atoms with Crippen LogP contribution in [0.1, 0.15) is 23.0 Å². The largest absolute Gasteiger partial charge is 0.461 e. The molecule has 0 amide bonds. The predicted octanol–water partition coefficient (Wildman–Crippen LogP) is 4.26. The highest BCUT2D eigenvalue weighted by atomic mass is 32.2. The first-order valence-electron chi connectivity index (χ1n) is 5.79. The van der Waals surface area contributed by atoms with Crippen LogP contribution in [-0.2, 0) is 0 Å². The molecule has 2 nitrogen and oxygen atoms in total. The van der Waals surface area contributed by atoms with Gasteiger partial charge in [0, 0.05) is 11.0 Å². The molecule has 0 unspecified atom stereocenters. The maximum atomic E-state index is 12.0. The molecule has 1 heterocycles. The van der Waals surface area contributed by atoms with Gasteiger partial charge in [-0.3, -0.25) is 4.79 Å². The van der Waals surface area contributed by atoms with E-state index in [4.69, 9.17) is 4.42 Å². The summed E-state index contributed by atoms with van der Waals surface area (Å²) in [5, 5.41) is 0. The number of hydrogen-bond donors (Lipinski definition) is 0. The molecule has 0 saturated heterocycles. The van der Waals surface area contributed by atoms with Gasteiger partial charge in [-0.25, -0.2) is 0 Å². The fourth-order valence-corrected chi connectivity index (χ4v) is 2.38. The first kappa shape index (κ1) is 12.7. The van der Waals surface area contributed by atoms with Gasteiger partial charge in [-0.2, -0.15) is 0 Å². The molecule has 0 aliphatic heterocycles. The first-order valence-corrected chi connectivity index (χ1v) is 6.77. The Morgan fingerprint density at radius 2 is 2.00 bits per heavy atom. The molecule has 2 rings (SSSR count). The molecular formula is C15H14O2S. The maximum absolute atomic E-state index is 12.0. The summed E-state index contributed by atoms with van der Waals surface area (Å²) in [6.45, 7) is 2.07. The predicted molar refractivity (Wildman–Crippen MR) is 75.6 cm³/mol. The fourth-order valence-electron chi connectivity index (χ4n) is 1.58. The van der Waals surface area contributed by atoms with Crippen molar-refractivity contribution in [2.24, 2.45) is 0 Å². The molecule has 0 spiro atoms. The van der Waals surface area contributed by atoms with Gasteiger partial charge in [0.2, 0.25) is 5.78 Å². The van der Waals surface area contributed by atoms with E-state index in [1.54, 1.807) is 30.0 Å². The van der Waals surface area contributed by atoms with Crippen LogP contribution in [0.3, 0.4) is 0 Å². The molecule has 1 aromatic carbocycles. The molecule has 92 valence electrons. The molecular weight excluding hydrogens is 244 g/mol. The number of rotatable bonds is 5. The molecule has 2 aromatic rings. The van der Waals surface area contributed by atoms with Gasteiger partial charge in [0.05, 0.1) is 6.26 Å². The van der Waals surface area contributed by atoms with Gasteiger partial charge in [-0.05, 0) is 23.4 Å². The van der Waals surface area contributed by atoms with Gasteiger partial charge in [0.1, 0.15) is 0 Å². The molecule has 0 atom stereocenters. The SMILES string of the molecule is CCS/C(=C/C(=O)c1ccco1)c1ccccc1. The third-order valence-electron chi connectivity index (χ3n) is 2.38. The zero-order chi connectivity index (χ0) is 12.8. The number of allylic oxidation sites excluding steroid dienone is 1. The van der Waals surface area contributed by atoms with Crippen molar-refractivity contribution in [3.63, 3.8) is 0 Å². The highest BCUT2D eigenvalue weighted by Crippen LogP contribution is 2.27. The second kappa shape index (κ2) is 6.26. The lowest BCUT2D eigenvalue weighted by Gasteiger charge is -2.05. The van der Waals surface area contributed by atoms with Gasteiger partial charge in [0.15, 0.2) is 5.76 Å². The number of ketones is 1. The topological polar surface area (TPSA) is 30.2 Å². The van der Waals surface area contributed by atoms with E-state index >= 15 is 0 Å². The minimum Gasteiger partial charge on any atom is -0.461 e. The summed E-state index contributed by atoms with van der Waals surface area (Å²) in [6, 6.07) is 13.3. The molecule has 0 bridgehead atoms. The Kier molecular flexibility index (Phi) is 4.42. The van der Waals surface area contributed by atoms with Crippen molar-refractivity contribution < 1.29 is 9.21 Å². The van der Waals surface area contributed by atoms with Gasteiger partial charge in [-0.15, -0.1) is 11.8 Å². The number of furan rings is 1. The summed E-state index contributed by atoms with van der Waals surface area (Å²) in [6.07, 6.45) is 3.15. The Morgan fingerprint density at radius 3 is 2.61 bits per heavy atom. The molecule has 0 radical (unpaired) electrons. The van der Waals surface area contributed by atoms with E-state index in [0.717, 1.165) is 16.2 Å². The Morgan fingerprint density at radius 1 is 1.22 bits per heavy atom. The van der Waals surface area contributed by atoms with Crippen LogP contribution in [0.2, 0.25) is 0 Å². The van der Waals surface area contributed by atoms with Crippen LogP contribution in [0.4, 0.5) is 0 Å². The molecule has 0 N–H and O–H groups in total. The summed E-state index contributed by atoms with van der Waals surface area (Å²) in [5.74, 6) is 1.20. The quantitative estimate of drug-likeness (QED) is 0.593. The molecule has 0 saturated carbocycles. The van der Waals surface area contributed by atoms with Crippen LogP contribution < -0.4 is 0 Å². The Bertz CT molecular complexity index is 527. The highest BCUT2D eigenvalue weighted by molar-refractivity contribution is 8.08. The maximum Gasteiger partial charge on any atom is 0.222 e. The van der Waals surface area contributed by atoms with Crippen molar-refractivity contribution in [2.45, 2.75) is 6.92 Å². The number of carbonyl (C=O) groups excluding carboxylic acids is 1. The fraction of sp³-hybridized carbons (Fsp3) is 0.133. The van der Waals surface area contributed by atoms with Crippen molar-refractivity contribution in [2.75, 3.05) is 5.75 Å². The average Bonchev–Trinajstić information content (AvgIpc) is 2.93. The Labute approximate surface area is 111 Å². The van der Waals surface area contributed by atoms with Gasteiger partial charge in [-0.1, -0.05) is 37.3 Å². The van der Waals surface area contributed by atoms with E-state index in [1.165, 1.54) is 6.26 Å². The van der Waals surface area contributed by atoms with Crippen LogP contribution in [0.15, 0.2) is 59.2 Å². The van der Waals surface area contributed by atoms with Crippen LogP contribution in [0.25, 0.3) is 4.91 Å². The summed E-state index contributed by atoms with van der Waals surface area (Å²) in [7, 11) is 0. The monoisotopic (exact) mass is 258 g/mol. The minimum absolute atomic E-state index is 0.0974. The van der Waals surface area contributed by atoms with Crippen molar-refractivity contribution in [3.8, 4) is 0 Å². The van der Waals surface area contributed by atoms with E-state index in [2.05, 4.69) is 6.92 Å². The standard InChI is InChI=1S/C15H14O2S/c1-2-18-15(12-7-4-3-5-8-12)11-13(16)14-9-6-10-17-14/h3-11H,2H2,1H3/b15-11+. The van der Waals surface area contributed by atoms with E-state index < -0.39 is 0 Å². The number of benzene rings is 1. The third-order valence-corrected chi connectivity index (χ3v) is 3.34. The lowest BCUT2D eigenvalue weighted by molar-refractivity contribution is 0.102. The van der Waals surface area contributed by atoms with Gasteiger partial charge in [0.25, 0.3) is 0 Å². The normalized spacial score (nSPS) is 11.5. The molecule has 1 aromatic heterocycles. The lowest BCUT2D eigenvalue weighted by Crippen LogP contribution is -1.93. The summed E-state index contributed by atoms with van der Waals surface area (Å²) >= 11 is 1.65. The summed E-state index contributed by atoms with van der Waals surface area (Å²) in [4.78, 5) is 13.0. The Balaban J connectivity index is 2.28. The van der Waals surface area contributed by atoms with Crippen molar-refractivity contribution in [1.29, 1.82) is 0 Å². The molecule has 3 heteroatoms. The number of thioether (sulfide) groups is 1. The van der Waals surface area contributed by atoms with E-state index in [0.29, 0.717) is 5.76 Å². The van der Waals surface area contributed by atoms with Crippen molar-refractivity contribution >= 4 is 22.5 Å². The molecule has 0 aliphatic carbocycles. The number of carbonyl (C=O) groups is 1. The van der Waals surface area contributed by atoms with Crippen molar-refractivity contribution in [1.82, 2.24) is 0 Å². The average molecular weight is 258 g/mol. The van der Waals surface area contributed by atoms with Gasteiger partial charge < -0.3 is 4.42 Å². The highest BCUT2D eigenvalue weighted by Gasteiger charge is 2.09. The van der Waals surface area contributed by atoms with E-state index in [1.807, 2.05) is 30.3 Å². The third kappa shape index (κ3) is 3.14. The van der Waals surface area contributed by atoms with Gasteiger partial charge >= 0.3 is 0 Å². The smallest absolute Gasteiger partial charge is 0.222 e. The second-order valence-electron chi connectivity index (χ2n) is 3.65. The zero-order valence-electron chi connectivity index (χ0n) is 10.1. The van der Waals surface area contributed by atoms with E-state index in [9.17, 15) is 4.79 Å².